The number of anilines is 1. The number of tetrazole rings is 1. The molecule has 1 saturated carbocycles. The maximum Gasteiger partial charge on any atom is 0.251 e. The van der Waals surface area contributed by atoms with E-state index in [1.165, 1.54) is 16.1 Å². The van der Waals surface area contributed by atoms with Crippen molar-refractivity contribution in [2.45, 2.75) is 50.7 Å². The lowest BCUT2D eigenvalue weighted by Gasteiger charge is -2.33. The predicted octanol–water partition coefficient (Wildman–Crippen LogP) is 4.58. The SMILES string of the molecule is COc1ccc([C@H](C(=O)NC2CCCCC2)N(C(=O)Cn2nnc(-c3ccccc3)n2)c2cccc(OC)c2)cc1. The van der Waals surface area contributed by atoms with Gasteiger partial charge in [0.15, 0.2) is 0 Å². The Labute approximate surface area is 239 Å². The minimum atomic E-state index is -0.959. The summed E-state index contributed by atoms with van der Waals surface area (Å²) in [5, 5.41) is 15.9. The van der Waals surface area contributed by atoms with Crippen LogP contribution >= 0.6 is 0 Å². The first-order chi connectivity index (χ1) is 20.1. The van der Waals surface area contributed by atoms with Crippen LogP contribution in [0.1, 0.15) is 43.7 Å². The van der Waals surface area contributed by atoms with Gasteiger partial charge in [0.05, 0.1) is 14.2 Å². The number of ether oxygens (including phenoxy) is 2. The third kappa shape index (κ3) is 6.71. The fourth-order valence-corrected chi connectivity index (χ4v) is 5.14. The number of aromatic nitrogens is 4. The fraction of sp³-hybridized carbons (Fsp3) is 0.323. The summed E-state index contributed by atoms with van der Waals surface area (Å²) in [6.07, 6.45) is 5.13. The van der Waals surface area contributed by atoms with Crippen LogP contribution in [0.2, 0.25) is 0 Å². The van der Waals surface area contributed by atoms with Crippen molar-refractivity contribution in [1.29, 1.82) is 0 Å². The molecule has 3 aromatic carbocycles. The Kier molecular flexibility index (Phi) is 8.88. The smallest absolute Gasteiger partial charge is 0.251 e. The van der Waals surface area contributed by atoms with E-state index in [0.29, 0.717) is 28.6 Å². The second-order valence-electron chi connectivity index (χ2n) is 9.99. The molecular weight excluding hydrogens is 520 g/mol. The Morgan fingerprint density at radius 2 is 1.66 bits per heavy atom. The highest BCUT2D eigenvalue weighted by Gasteiger charge is 2.35. The van der Waals surface area contributed by atoms with Gasteiger partial charge in [0.2, 0.25) is 11.7 Å². The summed E-state index contributed by atoms with van der Waals surface area (Å²) < 4.78 is 10.8. The molecule has 1 fully saturated rings. The van der Waals surface area contributed by atoms with E-state index in [4.69, 9.17) is 9.47 Å². The second kappa shape index (κ2) is 13.1. The molecule has 0 bridgehead atoms. The Morgan fingerprint density at radius 1 is 0.927 bits per heavy atom. The van der Waals surface area contributed by atoms with E-state index in [2.05, 4.69) is 20.7 Å². The highest BCUT2D eigenvalue weighted by molar-refractivity contribution is 6.01. The lowest BCUT2D eigenvalue weighted by molar-refractivity contribution is -0.127. The van der Waals surface area contributed by atoms with Gasteiger partial charge in [0.1, 0.15) is 24.1 Å². The largest absolute Gasteiger partial charge is 0.497 e. The van der Waals surface area contributed by atoms with E-state index >= 15 is 0 Å². The number of nitrogens with zero attached hydrogens (tertiary/aromatic N) is 5. The fourth-order valence-electron chi connectivity index (χ4n) is 5.14. The van der Waals surface area contributed by atoms with Crippen molar-refractivity contribution in [3.05, 3.63) is 84.4 Å². The Morgan fingerprint density at radius 3 is 2.37 bits per heavy atom. The van der Waals surface area contributed by atoms with Gasteiger partial charge in [-0.15, -0.1) is 10.2 Å². The summed E-state index contributed by atoms with van der Waals surface area (Å²) in [5.41, 5.74) is 1.95. The van der Waals surface area contributed by atoms with Crippen molar-refractivity contribution >= 4 is 17.5 Å². The van der Waals surface area contributed by atoms with Crippen LogP contribution < -0.4 is 19.7 Å². The number of nitrogens with one attached hydrogen (secondary N) is 1. The molecule has 1 aliphatic rings. The van der Waals surface area contributed by atoms with Crippen molar-refractivity contribution in [2.75, 3.05) is 19.1 Å². The third-order valence-electron chi connectivity index (χ3n) is 7.25. The average molecular weight is 555 g/mol. The molecule has 0 saturated heterocycles. The second-order valence-corrected chi connectivity index (χ2v) is 9.99. The summed E-state index contributed by atoms with van der Waals surface area (Å²) in [6, 6.07) is 22.8. The number of amides is 2. The lowest BCUT2D eigenvalue weighted by atomic mass is 9.94. The minimum Gasteiger partial charge on any atom is -0.497 e. The molecule has 41 heavy (non-hydrogen) atoms. The molecule has 1 aliphatic carbocycles. The predicted molar refractivity (Wildman–Crippen MR) is 154 cm³/mol. The molecule has 1 atom stereocenters. The van der Waals surface area contributed by atoms with Gasteiger partial charge in [-0.25, -0.2) is 0 Å². The molecule has 0 aliphatic heterocycles. The molecule has 212 valence electrons. The van der Waals surface area contributed by atoms with Gasteiger partial charge in [-0.3, -0.25) is 14.5 Å². The van der Waals surface area contributed by atoms with Gasteiger partial charge in [-0.2, -0.15) is 4.80 Å². The molecule has 5 rings (SSSR count). The normalized spacial score (nSPS) is 14.2. The Balaban J connectivity index is 1.52. The molecule has 0 unspecified atom stereocenters. The summed E-state index contributed by atoms with van der Waals surface area (Å²) >= 11 is 0. The minimum absolute atomic E-state index is 0.0599. The monoisotopic (exact) mass is 554 g/mol. The molecule has 1 aromatic heterocycles. The quantitative estimate of drug-likeness (QED) is 0.305. The number of methoxy groups -OCH3 is 2. The molecule has 1 N–H and O–H groups in total. The summed E-state index contributed by atoms with van der Waals surface area (Å²) in [6.45, 7) is -0.222. The van der Waals surface area contributed by atoms with Crippen LogP contribution in [0.5, 0.6) is 11.5 Å². The maximum atomic E-state index is 14.1. The van der Waals surface area contributed by atoms with Gasteiger partial charge in [0.25, 0.3) is 5.91 Å². The molecule has 0 radical (unpaired) electrons. The lowest BCUT2D eigenvalue weighted by Crippen LogP contribution is -2.48. The molecule has 10 nitrogen and oxygen atoms in total. The van der Waals surface area contributed by atoms with E-state index < -0.39 is 6.04 Å². The van der Waals surface area contributed by atoms with Crippen molar-refractivity contribution in [3.63, 3.8) is 0 Å². The number of hydrogen-bond donors (Lipinski definition) is 1. The molecule has 10 heteroatoms. The molecule has 4 aromatic rings. The summed E-state index contributed by atoms with van der Waals surface area (Å²) in [5.74, 6) is 0.990. The highest BCUT2D eigenvalue weighted by atomic mass is 16.5. The van der Waals surface area contributed by atoms with Gasteiger partial charge in [-0.05, 0) is 47.9 Å². The zero-order valence-electron chi connectivity index (χ0n) is 23.3. The first-order valence-electron chi connectivity index (χ1n) is 13.8. The molecule has 2 amide bonds. The zero-order valence-corrected chi connectivity index (χ0v) is 23.3. The zero-order chi connectivity index (χ0) is 28.6. The van der Waals surface area contributed by atoms with Crippen LogP contribution in [0.4, 0.5) is 5.69 Å². The van der Waals surface area contributed by atoms with Crippen LogP contribution in [0, 0.1) is 0 Å². The number of benzene rings is 3. The summed E-state index contributed by atoms with van der Waals surface area (Å²) in [4.78, 5) is 31.0. The van der Waals surface area contributed by atoms with Gasteiger partial charge >= 0.3 is 0 Å². The molecule has 0 spiro atoms. The average Bonchev–Trinajstić information content (AvgIpc) is 3.49. The third-order valence-corrected chi connectivity index (χ3v) is 7.25. The number of carbonyl (C=O) groups excluding carboxylic acids is 2. The molecular formula is C31H34N6O4. The van der Waals surface area contributed by atoms with Gasteiger partial charge < -0.3 is 14.8 Å². The van der Waals surface area contributed by atoms with Crippen molar-refractivity contribution in [2.24, 2.45) is 0 Å². The van der Waals surface area contributed by atoms with Crippen molar-refractivity contribution in [1.82, 2.24) is 25.5 Å². The van der Waals surface area contributed by atoms with E-state index in [-0.39, 0.29) is 24.4 Å². The first-order valence-corrected chi connectivity index (χ1v) is 13.8. The maximum absolute atomic E-state index is 14.1. The highest BCUT2D eigenvalue weighted by Crippen LogP contribution is 2.32. The van der Waals surface area contributed by atoms with Crippen molar-refractivity contribution < 1.29 is 19.1 Å². The number of carbonyl (C=O) groups is 2. The van der Waals surface area contributed by atoms with E-state index in [1.807, 2.05) is 42.5 Å². The van der Waals surface area contributed by atoms with E-state index in [9.17, 15) is 9.59 Å². The number of hydrogen-bond acceptors (Lipinski definition) is 7. The first kappa shape index (κ1) is 27.8. The summed E-state index contributed by atoms with van der Waals surface area (Å²) in [7, 11) is 3.15. The van der Waals surface area contributed by atoms with E-state index in [1.54, 1.807) is 50.6 Å². The van der Waals surface area contributed by atoms with Crippen molar-refractivity contribution in [3.8, 4) is 22.9 Å². The topological polar surface area (TPSA) is 111 Å². The standard InChI is InChI=1S/C31H34N6O4/c1-40-26-18-16-22(17-19-26)29(31(39)32-24-12-7-4-8-13-24)37(25-14-9-15-27(20-25)41-2)28(38)21-36-34-30(33-35-36)23-10-5-3-6-11-23/h3,5-6,9-11,14-20,24,29H,4,7-8,12-13,21H2,1-2H3,(H,32,39)/t29-/m1/s1. The van der Waals surface area contributed by atoms with Gasteiger partial charge in [-0.1, -0.05) is 67.8 Å². The van der Waals surface area contributed by atoms with Crippen LogP contribution in [-0.2, 0) is 16.1 Å². The Bertz CT molecular complexity index is 1450. The van der Waals surface area contributed by atoms with Crippen LogP contribution in [0.25, 0.3) is 11.4 Å². The van der Waals surface area contributed by atoms with Gasteiger partial charge in [0, 0.05) is 23.4 Å². The van der Waals surface area contributed by atoms with Crippen LogP contribution in [0.15, 0.2) is 78.9 Å². The van der Waals surface area contributed by atoms with Crippen LogP contribution in [0.3, 0.4) is 0 Å². The van der Waals surface area contributed by atoms with E-state index in [0.717, 1.165) is 31.2 Å². The number of rotatable bonds is 10. The molecule has 1 heterocycles. The Hall–Kier alpha value is -4.73. The van der Waals surface area contributed by atoms with Crippen LogP contribution in [-0.4, -0.2) is 52.3 Å².